The van der Waals surface area contributed by atoms with E-state index in [1.807, 2.05) is 12.1 Å². The average molecular weight is 250 g/mol. The summed E-state index contributed by atoms with van der Waals surface area (Å²) in [7, 11) is 0. The molecule has 2 rings (SSSR count). The van der Waals surface area contributed by atoms with Crippen molar-refractivity contribution in [2.75, 3.05) is 19.6 Å². The fourth-order valence-electron chi connectivity index (χ4n) is 2.73. The van der Waals surface area contributed by atoms with Crippen molar-refractivity contribution >= 4 is 0 Å². The number of halogens is 1. The molecule has 2 N–H and O–H groups in total. The highest BCUT2D eigenvalue weighted by Crippen LogP contribution is 2.34. The molecule has 1 aliphatic rings. The Bertz CT molecular complexity index is 429. The molecule has 0 bridgehead atoms. The van der Waals surface area contributed by atoms with Crippen LogP contribution < -0.4 is 5.73 Å². The number of hydrogen-bond donors (Lipinski definition) is 1. The lowest BCUT2D eigenvalue weighted by Gasteiger charge is -2.28. The average Bonchev–Trinajstić information content (AvgIpc) is 2.65. The quantitative estimate of drug-likeness (QED) is 0.893. The monoisotopic (exact) mass is 250 g/mol. The Morgan fingerprint density at radius 1 is 1.44 bits per heavy atom. The zero-order valence-electron chi connectivity index (χ0n) is 11.5. The van der Waals surface area contributed by atoms with Gasteiger partial charge < -0.3 is 5.73 Å². The summed E-state index contributed by atoms with van der Waals surface area (Å²) in [5, 5.41) is 0. The molecule has 1 aliphatic heterocycles. The first-order valence-corrected chi connectivity index (χ1v) is 6.63. The molecule has 1 aromatic carbocycles. The van der Waals surface area contributed by atoms with Gasteiger partial charge in [-0.25, -0.2) is 4.39 Å². The highest BCUT2D eigenvalue weighted by atomic mass is 19.1. The van der Waals surface area contributed by atoms with Crippen LogP contribution in [0.4, 0.5) is 4.39 Å². The molecule has 1 unspecified atom stereocenters. The topological polar surface area (TPSA) is 29.3 Å². The minimum absolute atomic E-state index is 0.135. The second-order valence-corrected chi connectivity index (χ2v) is 6.14. The van der Waals surface area contributed by atoms with Crippen molar-refractivity contribution in [3.05, 3.63) is 35.1 Å². The Labute approximate surface area is 109 Å². The van der Waals surface area contributed by atoms with E-state index in [2.05, 4.69) is 18.7 Å². The van der Waals surface area contributed by atoms with Crippen molar-refractivity contribution in [3.8, 4) is 0 Å². The van der Waals surface area contributed by atoms with Gasteiger partial charge in [0.2, 0.25) is 0 Å². The molecule has 100 valence electrons. The van der Waals surface area contributed by atoms with Gasteiger partial charge in [0.1, 0.15) is 5.82 Å². The third kappa shape index (κ3) is 2.73. The van der Waals surface area contributed by atoms with Gasteiger partial charge in [-0.2, -0.15) is 0 Å². The van der Waals surface area contributed by atoms with Crippen molar-refractivity contribution in [1.29, 1.82) is 0 Å². The Kier molecular flexibility index (Phi) is 3.74. The normalized spacial score (nSPS) is 21.2. The van der Waals surface area contributed by atoms with Crippen molar-refractivity contribution < 1.29 is 4.39 Å². The van der Waals surface area contributed by atoms with E-state index in [0.717, 1.165) is 18.7 Å². The zero-order valence-corrected chi connectivity index (χ0v) is 11.5. The first-order valence-electron chi connectivity index (χ1n) is 6.63. The molecule has 0 radical (unpaired) electrons. The van der Waals surface area contributed by atoms with Gasteiger partial charge in [-0.15, -0.1) is 0 Å². The molecule has 1 atom stereocenters. The van der Waals surface area contributed by atoms with Crippen LogP contribution >= 0.6 is 0 Å². The van der Waals surface area contributed by atoms with E-state index in [0.29, 0.717) is 17.5 Å². The first-order chi connectivity index (χ1) is 8.43. The summed E-state index contributed by atoms with van der Waals surface area (Å²) in [6.45, 7) is 8.95. The maximum atomic E-state index is 13.7. The van der Waals surface area contributed by atoms with E-state index in [-0.39, 0.29) is 11.9 Å². The lowest BCUT2D eigenvalue weighted by Crippen LogP contribution is -2.33. The van der Waals surface area contributed by atoms with Gasteiger partial charge >= 0.3 is 0 Å². The molecule has 1 fully saturated rings. The molecule has 0 aromatic heterocycles. The Morgan fingerprint density at radius 2 is 2.17 bits per heavy atom. The Hall–Kier alpha value is -0.930. The SMILES string of the molecule is Cc1ccc(C(CN)N2CCC(C)(C)C2)cc1F. The minimum atomic E-state index is -0.135. The van der Waals surface area contributed by atoms with Gasteiger partial charge in [-0.1, -0.05) is 26.0 Å². The summed E-state index contributed by atoms with van der Waals surface area (Å²) in [6.07, 6.45) is 1.18. The van der Waals surface area contributed by atoms with E-state index in [1.54, 1.807) is 13.0 Å². The minimum Gasteiger partial charge on any atom is -0.329 e. The number of likely N-dealkylation sites (tertiary alicyclic amines) is 1. The maximum absolute atomic E-state index is 13.7. The van der Waals surface area contributed by atoms with Gasteiger partial charge in [-0.05, 0) is 42.5 Å². The van der Waals surface area contributed by atoms with E-state index >= 15 is 0 Å². The fourth-order valence-corrected chi connectivity index (χ4v) is 2.73. The highest BCUT2D eigenvalue weighted by Gasteiger charge is 2.33. The van der Waals surface area contributed by atoms with Crippen LogP contribution in [0.5, 0.6) is 0 Å². The number of rotatable bonds is 3. The lowest BCUT2D eigenvalue weighted by atomic mass is 9.93. The van der Waals surface area contributed by atoms with Crippen LogP contribution in [0.1, 0.15) is 37.4 Å². The number of hydrogen-bond acceptors (Lipinski definition) is 2. The summed E-state index contributed by atoms with van der Waals surface area (Å²) in [4.78, 5) is 2.38. The molecule has 1 aromatic rings. The molecule has 0 saturated carbocycles. The number of aryl methyl sites for hydroxylation is 1. The summed E-state index contributed by atoms with van der Waals surface area (Å²) in [5.41, 5.74) is 7.93. The predicted octanol–water partition coefficient (Wildman–Crippen LogP) is 2.87. The second kappa shape index (κ2) is 4.98. The van der Waals surface area contributed by atoms with Gasteiger partial charge in [0.05, 0.1) is 0 Å². The van der Waals surface area contributed by atoms with Crippen LogP contribution in [0, 0.1) is 18.2 Å². The summed E-state index contributed by atoms with van der Waals surface area (Å²) in [6, 6.07) is 5.62. The molecule has 3 heteroatoms. The highest BCUT2D eigenvalue weighted by molar-refractivity contribution is 5.26. The number of nitrogens with two attached hydrogens (primary N) is 1. The summed E-state index contributed by atoms with van der Waals surface area (Å²) < 4.78 is 13.7. The fraction of sp³-hybridized carbons (Fsp3) is 0.600. The molecule has 1 saturated heterocycles. The maximum Gasteiger partial charge on any atom is 0.126 e. The van der Waals surface area contributed by atoms with E-state index in [4.69, 9.17) is 5.73 Å². The van der Waals surface area contributed by atoms with Gasteiger partial charge in [-0.3, -0.25) is 4.90 Å². The van der Waals surface area contributed by atoms with Crippen molar-refractivity contribution in [3.63, 3.8) is 0 Å². The second-order valence-electron chi connectivity index (χ2n) is 6.14. The van der Waals surface area contributed by atoms with E-state index in [1.165, 1.54) is 6.42 Å². The predicted molar refractivity (Wildman–Crippen MR) is 72.9 cm³/mol. The molecule has 0 aliphatic carbocycles. The summed E-state index contributed by atoms with van der Waals surface area (Å²) in [5.74, 6) is -0.135. The third-order valence-corrected chi connectivity index (χ3v) is 3.95. The lowest BCUT2D eigenvalue weighted by molar-refractivity contribution is 0.223. The van der Waals surface area contributed by atoms with Gasteiger partial charge in [0.15, 0.2) is 0 Å². The van der Waals surface area contributed by atoms with Crippen molar-refractivity contribution in [2.45, 2.75) is 33.2 Å². The smallest absolute Gasteiger partial charge is 0.126 e. The Balaban J connectivity index is 2.21. The van der Waals surface area contributed by atoms with Crippen LogP contribution in [0.2, 0.25) is 0 Å². The largest absolute Gasteiger partial charge is 0.329 e. The van der Waals surface area contributed by atoms with Crippen LogP contribution in [0.3, 0.4) is 0 Å². The summed E-state index contributed by atoms with van der Waals surface area (Å²) >= 11 is 0. The van der Waals surface area contributed by atoms with Crippen molar-refractivity contribution in [1.82, 2.24) is 4.90 Å². The molecular weight excluding hydrogens is 227 g/mol. The first kappa shape index (κ1) is 13.5. The number of nitrogens with zero attached hydrogens (tertiary/aromatic N) is 1. The van der Waals surface area contributed by atoms with E-state index in [9.17, 15) is 4.39 Å². The Morgan fingerprint density at radius 3 is 2.67 bits per heavy atom. The van der Waals surface area contributed by atoms with Gasteiger partial charge in [0, 0.05) is 19.1 Å². The third-order valence-electron chi connectivity index (χ3n) is 3.95. The standard InChI is InChI=1S/C15H23FN2/c1-11-4-5-12(8-13(11)16)14(9-17)18-7-6-15(2,3)10-18/h4-5,8,14H,6-7,9-10,17H2,1-3H3. The molecule has 0 spiro atoms. The van der Waals surface area contributed by atoms with Crippen molar-refractivity contribution in [2.24, 2.45) is 11.1 Å². The van der Waals surface area contributed by atoms with E-state index < -0.39 is 0 Å². The molecule has 2 nitrogen and oxygen atoms in total. The van der Waals surface area contributed by atoms with Crippen LogP contribution in [0.15, 0.2) is 18.2 Å². The van der Waals surface area contributed by atoms with Gasteiger partial charge in [0.25, 0.3) is 0 Å². The molecular formula is C15H23FN2. The van der Waals surface area contributed by atoms with Crippen LogP contribution in [-0.2, 0) is 0 Å². The van der Waals surface area contributed by atoms with Crippen LogP contribution in [0.25, 0.3) is 0 Å². The van der Waals surface area contributed by atoms with Crippen LogP contribution in [-0.4, -0.2) is 24.5 Å². The molecule has 18 heavy (non-hydrogen) atoms. The number of benzene rings is 1. The molecule has 0 amide bonds. The zero-order chi connectivity index (χ0) is 13.3. The molecule has 1 heterocycles.